The number of likely N-dealkylation sites (tertiary alicyclic amines) is 1. The number of amides is 1. The number of rotatable bonds is 15. The number of benzene rings is 2. The van der Waals surface area contributed by atoms with Crippen LogP contribution in [0.5, 0.6) is 11.5 Å². The van der Waals surface area contributed by atoms with Gasteiger partial charge in [0.25, 0.3) is 0 Å². The number of ether oxygens (including phenoxy) is 3. The van der Waals surface area contributed by atoms with Crippen LogP contribution in [-0.4, -0.2) is 87.7 Å². The van der Waals surface area contributed by atoms with Crippen LogP contribution in [0.3, 0.4) is 0 Å². The first kappa shape index (κ1) is 36.5. The van der Waals surface area contributed by atoms with Crippen molar-refractivity contribution >= 4 is 29.1 Å². The Morgan fingerprint density at radius 2 is 1.98 bits per heavy atom. The maximum atomic E-state index is 13.1. The molecule has 2 aromatic carbocycles. The maximum absolute atomic E-state index is 13.1. The smallest absolute Gasteiger partial charge is 0.323 e. The summed E-state index contributed by atoms with van der Waals surface area (Å²) in [4.78, 5) is 30.3. The Morgan fingerprint density at radius 1 is 1.18 bits per heavy atom. The van der Waals surface area contributed by atoms with Gasteiger partial charge in [0.1, 0.15) is 49.0 Å². The highest BCUT2D eigenvalue weighted by atomic mass is 35.5. The van der Waals surface area contributed by atoms with Crippen LogP contribution in [0.4, 0.5) is 0 Å². The fraction of sp³-hybridized carbons (Fsp3) is 0.351. The van der Waals surface area contributed by atoms with Crippen LogP contribution in [0, 0.1) is 17.2 Å². The summed E-state index contributed by atoms with van der Waals surface area (Å²) in [5.74, 6) is -1.16. The second-order valence-electron chi connectivity index (χ2n) is 12.2. The Kier molecular flexibility index (Phi) is 12.2. The van der Waals surface area contributed by atoms with Gasteiger partial charge in [-0.1, -0.05) is 61.0 Å². The summed E-state index contributed by atoms with van der Waals surface area (Å²) in [7, 11) is 0. The van der Waals surface area contributed by atoms with Crippen molar-refractivity contribution in [1.29, 1.82) is 5.26 Å². The molecule has 1 fully saturated rings. The van der Waals surface area contributed by atoms with Crippen LogP contribution in [0.1, 0.15) is 35.6 Å². The fourth-order valence-electron chi connectivity index (χ4n) is 5.89. The number of nitriles is 1. The summed E-state index contributed by atoms with van der Waals surface area (Å²) >= 11 is 6.75. The Morgan fingerprint density at radius 3 is 2.68 bits per heavy atom. The van der Waals surface area contributed by atoms with E-state index in [0.717, 1.165) is 11.1 Å². The van der Waals surface area contributed by atoms with Crippen LogP contribution < -0.4 is 14.8 Å². The molecule has 4 atom stereocenters. The third-order valence-electron chi connectivity index (χ3n) is 8.85. The standard InChI is InChI=1S/C37H39ClN4O8/c1-24-30(27-6-3-2-4-7-27)8-5-10-37(24,50-22-35(45)42-11-9-29(44)19-42)23-49-34-14-33(48-21-26-12-25(15-39)16-40-17-26)28(13-31(34)38)18-41-32(20-43)36(46)47/h2-8,10,12-14,16-17,24,29,32,41,43-44H,9,11,18-23H2,1H3,(H,46,47)/t24?,29-,32?,37?/m1/s1. The lowest BCUT2D eigenvalue weighted by Gasteiger charge is -2.39. The third-order valence-corrected chi connectivity index (χ3v) is 9.14. The van der Waals surface area contributed by atoms with E-state index in [4.69, 9.17) is 25.8 Å². The molecule has 1 aromatic heterocycles. The summed E-state index contributed by atoms with van der Waals surface area (Å²) in [5, 5.41) is 41.2. The lowest BCUT2D eigenvalue weighted by molar-refractivity contribution is -0.144. The summed E-state index contributed by atoms with van der Waals surface area (Å²) in [6.07, 6.45) is 8.72. The molecule has 3 unspecified atom stereocenters. The van der Waals surface area contributed by atoms with E-state index >= 15 is 0 Å². The number of β-amino-alcohol motifs (C(OH)–C–C–N with tert-alkyl or cyclic N) is 1. The number of allylic oxidation sites excluding steroid dienone is 2. The summed E-state index contributed by atoms with van der Waals surface area (Å²) < 4.78 is 19.0. The van der Waals surface area contributed by atoms with Gasteiger partial charge in [-0.2, -0.15) is 5.26 Å². The molecule has 0 spiro atoms. The number of carboxylic acids is 1. The van der Waals surface area contributed by atoms with Gasteiger partial charge in [-0.25, -0.2) is 0 Å². The van der Waals surface area contributed by atoms with Gasteiger partial charge >= 0.3 is 5.97 Å². The number of aliphatic carboxylic acids is 1. The van der Waals surface area contributed by atoms with Gasteiger partial charge in [0.2, 0.25) is 5.91 Å². The van der Waals surface area contributed by atoms with Crippen molar-refractivity contribution in [3.05, 3.63) is 106 Å². The SMILES string of the molecule is CC1C(c2ccccc2)=CC=CC1(COc1cc(OCc2cncc(C#N)c2)c(CNC(CO)C(=O)O)cc1Cl)OCC(=O)N1CC[C@@H](O)C1. The van der Waals surface area contributed by atoms with Gasteiger partial charge in [-0.3, -0.25) is 19.9 Å². The molecule has 0 radical (unpaired) electrons. The Balaban J connectivity index is 1.42. The zero-order chi connectivity index (χ0) is 35.7. The zero-order valence-electron chi connectivity index (χ0n) is 27.5. The number of carbonyl (C=O) groups is 2. The predicted molar refractivity (Wildman–Crippen MR) is 184 cm³/mol. The summed E-state index contributed by atoms with van der Waals surface area (Å²) in [5.41, 5.74) is 2.37. The van der Waals surface area contributed by atoms with E-state index in [-0.39, 0.29) is 55.5 Å². The first-order chi connectivity index (χ1) is 24.1. The Labute approximate surface area is 295 Å². The first-order valence-electron chi connectivity index (χ1n) is 16.2. The number of aliphatic hydroxyl groups is 2. The molecule has 4 N–H and O–H groups in total. The Bertz CT molecular complexity index is 1780. The summed E-state index contributed by atoms with van der Waals surface area (Å²) in [6, 6.07) is 15.5. The number of halogens is 1. The molecule has 13 heteroatoms. The molecule has 1 amide bonds. The van der Waals surface area contributed by atoms with Crippen LogP contribution in [0.2, 0.25) is 5.02 Å². The van der Waals surface area contributed by atoms with Crippen LogP contribution in [0.25, 0.3) is 5.57 Å². The predicted octanol–water partition coefficient (Wildman–Crippen LogP) is 3.74. The highest BCUT2D eigenvalue weighted by Gasteiger charge is 2.41. The number of nitrogens with one attached hydrogen (secondary N) is 1. The number of nitrogens with zero attached hydrogens (tertiary/aromatic N) is 3. The van der Waals surface area contributed by atoms with Crippen LogP contribution in [0.15, 0.2) is 79.2 Å². The molecular weight excluding hydrogens is 664 g/mol. The average molecular weight is 703 g/mol. The van der Waals surface area contributed by atoms with Crippen LogP contribution in [-0.2, 0) is 27.5 Å². The highest BCUT2D eigenvalue weighted by molar-refractivity contribution is 6.32. The average Bonchev–Trinajstić information content (AvgIpc) is 3.57. The van der Waals surface area contributed by atoms with Crippen molar-refractivity contribution in [1.82, 2.24) is 15.2 Å². The van der Waals surface area contributed by atoms with Gasteiger partial charge in [0, 0.05) is 55.1 Å². The van der Waals surface area contributed by atoms with E-state index < -0.39 is 30.3 Å². The van der Waals surface area contributed by atoms with Crippen molar-refractivity contribution in [2.45, 2.75) is 44.2 Å². The molecule has 2 heterocycles. The molecular formula is C37H39ClN4O8. The third kappa shape index (κ3) is 8.87. The first-order valence-corrected chi connectivity index (χ1v) is 16.5. The molecule has 3 aromatic rings. The second-order valence-corrected chi connectivity index (χ2v) is 12.6. The van der Waals surface area contributed by atoms with Crippen molar-refractivity contribution in [3.8, 4) is 17.6 Å². The number of hydrogen-bond donors (Lipinski definition) is 4. The molecule has 5 rings (SSSR count). The lowest BCUT2D eigenvalue weighted by atomic mass is 9.77. The monoisotopic (exact) mass is 702 g/mol. The molecule has 262 valence electrons. The number of aliphatic hydroxyl groups excluding tert-OH is 2. The zero-order valence-corrected chi connectivity index (χ0v) is 28.3. The van der Waals surface area contributed by atoms with Gasteiger partial charge in [0.15, 0.2) is 0 Å². The fourth-order valence-corrected chi connectivity index (χ4v) is 6.13. The minimum atomic E-state index is -1.22. The van der Waals surface area contributed by atoms with E-state index in [9.17, 15) is 30.2 Å². The number of carboxylic acid groups (broad SMARTS) is 1. The topological polar surface area (TPSA) is 174 Å². The Hall–Kier alpha value is -4.77. The molecule has 1 aliphatic heterocycles. The maximum Gasteiger partial charge on any atom is 0.323 e. The van der Waals surface area contributed by atoms with E-state index in [2.05, 4.69) is 10.3 Å². The number of aromatic nitrogens is 1. The largest absolute Gasteiger partial charge is 0.489 e. The normalized spacial score (nSPS) is 20.5. The minimum absolute atomic E-state index is 0.00525. The van der Waals surface area contributed by atoms with Crippen LogP contribution >= 0.6 is 11.6 Å². The number of carbonyl (C=O) groups excluding carboxylic acids is 1. The van der Waals surface area contributed by atoms with Crippen molar-refractivity contribution in [3.63, 3.8) is 0 Å². The van der Waals surface area contributed by atoms with E-state index in [1.54, 1.807) is 29.3 Å². The van der Waals surface area contributed by atoms with Gasteiger partial charge in [-0.15, -0.1) is 0 Å². The minimum Gasteiger partial charge on any atom is -0.489 e. The van der Waals surface area contributed by atoms with E-state index in [0.29, 0.717) is 35.4 Å². The molecule has 2 aliphatic rings. The highest BCUT2D eigenvalue weighted by Crippen LogP contribution is 2.41. The molecule has 0 saturated carbocycles. The molecule has 1 saturated heterocycles. The summed E-state index contributed by atoms with van der Waals surface area (Å²) in [6.45, 7) is 1.85. The van der Waals surface area contributed by atoms with Crippen molar-refractivity contribution in [2.75, 3.05) is 32.9 Å². The molecule has 0 bridgehead atoms. The van der Waals surface area contributed by atoms with Gasteiger partial charge in [-0.05, 0) is 35.8 Å². The number of pyridine rings is 1. The van der Waals surface area contributed by atoms with Gasteiger partial charge < -0.3 is 34.4 Å². The molecule has 1 aliphatic carbocycles. The van der Waals surface area contributed by atoms with Gasteiger partial charge in [0.05, 0.1) is 23.3 Å². The molecule has 12 nitrogen and oxygen atoms in total. The van der Waals surface area contributed by atoms with E-state index in [1.165, 1.54) is 6.20 Å². The van der Waals surface area contributed by atoms with Crippen molar-refractivity contribution in [2.24, 2.45) is 5.92 Å². The quantitative estimate of drug-likeness (QED) is 0.182. The molecule has 50 heavy (non-hydrogen) atoms. The lowest BCUT2D eigenvalue weighted by Crippen LogP contribution is -2.47. The second kappa shape index (κ2) is 16.8. The number of hydrogen-bond acceptors (Lipinski definition) is 10. The van der Waals surface area contributed by atoms with Crippen molar-refractivity contribution < 1.29 is 39.1 Å². The van der Waals surface area contributed by atoms with E-state index in [1.807, 2.05) is 61.6 Å².